The van der Waals surface area contributed by atoms with Crippen LogP contribution in [0.4, 0.5) is 10.1 Å². The number of anilines is 1. The SMILES string of the molecule is COc1c(N2CCC(N(C)C)CC2)c(F)cc2c(=O)c(C(=O)O)cn(C3CC3)c12.Cl. The Bertz CT molecular complexity index is 1030. The monoisotopic (exact) mass is 439 g/mol. The first-order valence-electron chi connectivity index (χ1n) is 9.93. The van der Waals surface area contributed by atoms with Crippen molar-refractivity contribution in [3.63, 3.8) is 0 Å². The Hall–Kier alpha value is -2.32. The Labute approximate surface area is 180 Å². The topological polar surface area (TPSA) is 75.0 Å². The zero-order valence-electron chi connectivity index (χ0n) is 17.4. The highest BCUT2D eigenvalue weighted by Crippen LogP contribution is 2.44. The number of fused-ring (bicyclic) bond motifs is 1. The van der Waals surface area contributed by atoms with Crippen LogP contribution in [0.5, 0.6) is 5.75 Å². The molecule has 0 amide bonds. The number of benzene rings is 1. The number of carbonyl (C=O) groups is 1. The van der Waals surface area contributed by atoms with Gasteiger partial charge in [-0.1, -0.05) is 0 Å². The average molecular weight is 440 g/mol. The van der Waals surface area contributed by atoms with Gasteiger partial charge in [-0.2, -0.15) is 0 Å². The van der Waals surface area contributed by atoms with Crippen LogP contribution in [0.1, 0.15) is 42.1 Å². The van der Waals surface area contributed by atoms with Gasteiger partial charge in [-0.05, 0) is 45.8 Å². The molecule has 1 saturated carbocycles. The van der Waals surface area contributed by atoms with Crippen molar-refractivity contribution in [2.24, 2.45) is 0 Å². The average Bonchev–Trinajstić information content (AvgIpc) is 3.52. The number of aromatic nitrogens is 1. The molecule has 9 heteroatoms. The third-order valence-electron chi connectivity index (χ3n) is 6.08. The first kappa shape index (κ1) is 22.4. The van der Waals surface area contributed by atoms with Crippen molar-refractivity contribution >= 4 is 35.0 Å². The summed E-state index contributed by atoms with van der Waals surface area (Å²) in [6, 6.07) is 1.73. The molecular weight excluding hydrogens is 413 g/mol. The third kappa shape index (κ3) is 3.74. The molecule has 1 saturated heterocycles. The molecule has 2 heterocycles. The van der Waals surface area contributed by atoms with E-state index in [4.69, 9.17) is 4.74 Å². The summed E-state index contributed by atoms with van der Waals surface area (Å²) in [4.78, 5) is 28.5. The molecule has 1 aliphatic heterocycles. The molecule has 2 aliphatic rings. The quantitative estimate of drug-likeness (QED) is 0.771. The van der Waals surface area contributed by atoms with Gasteiger partial charge in [0.1, 0.15) is 11.3 Å². The Morgan fingerprint density at radius 1 is 1.23 bits per heavy atom. The maximum atomic E-state index is 15.2. The van der Waals surface area contributed by atoms with Crippen LogP contribution < -0.4 is 15.1 Å². The molecule has 1 N–H and O–H groups in total. The van der Waals surface area contributed by atoms with Crippen molar-refractivity contribution in [1.82, 2.24) is 9.47 Å². The number of ether oxygens (including phenoxy) is 1. The van der Waals surface area contributed by atoms with Crippen molar-refractivity contribution in [3.8, 4) is 5.75 Å². The van der Waals surface area contributed by atoms with Crippen molar-refractivity contribution in [1.29, 1.82) is 0 Å². The van der Waals surface area contributed by atoms with Gasteiger partial charge >= 0.3 is 5.97 Å². The molecule has 1 aliphatic carbocycles. The van der Waals surface area contributed by atoms with E-state index in [2.05, 4.69) is 4.90 Å². The van der Waals surface area contributed by atoms with Crippen molar-refractivity contribution in [2.75, 3.05) is 39.2 Å². The molecule has 0 unspecified atom stereocenters. The van der Waals surface area contributed by atoms with Crippen molar-refractivity contribution in [2.45, 2.75) is 37.8 Å². The van der Waals surface area contributed by atoms with E-state index in [1.807, 2.05) is 19.0 Å². The van der Waals surface area contributed by atoms with Crippen LogP contribution in [0, 0.1) is 5.82 Å². The molecule has 1 aromatic carbocycles. The van der Waals surface area contributed by atoms with Gasteiger partial charge in [0, 0.05) is 31.4 Å². The Morgan fingerprint density at radius 2 is 1.87 bits per heavy atom. The van der Waals surface area contributed by atoms with E-state index in [0.717, 1.165) is 25.7 Å². The predicted molar refractivity (Wildman–Crippen MR) is 116 cm³/mol. The van der Waals surface area contributed by atoms with Gasteiger partial charge in [-0.25, -0.2) is 9.18 Å². The number of carboxylic acid groups (broad SMARTS) is 1. The fourth-order valence-electron chi connectivity index (χ4n) is 4.33. The van der Waals surface area contributed by atoms with Gasteiger partial charge in [-0.15, -0.1) is 12.4 Å². The lowest BCUT2D eigenvalue weighted by Crippen LogP contribution is -2.42. The van der Waals surface area contributed by atoms with Gasteiger partial charge in [0.25, 0.3) is 0 Å². The van der Waals surface area contributed by atoms with Crippen molar-refractivity contribution in [3.05, 3.63) is 33.9 Å². The summed E-state index contributed by atoms with van der Waals surface area (Å²) in [5.74, 6) is -1.55. The largest absolute Gasteiger partial charge is 0.492 e. The second-order valence-corrected chi connectivity index (χ2v) is 8.13. The second-order valence-electron chi connectivity index (χ2n) is 8.13. The smallest absolute Gasteiger partial charge is 0.341 e. The molecule has 0 radical (unpaired) electrons. The number of methoxy groups -OCH3 is 1. The molecule has 1 aromatic heterocycles. The number of piperidine rings is 1. The van der Waals surface area contributed by atoms with Gasteiger partial charge in [-0.3, -0.25) is 4.79 Å². The van der Waals surface area contributed by atoms with E-state index in [9.17, 15) is 14.7 Å². The van der Waals surface area contributed by atoms with Crippen LogP contribution in [0.2, 0.25) is 0 Å². The first-order chi connectivity index (χ1) is 13.8. The van der Waals surface area contributed by atoms with Crippen LogP contribution in [-0.2, 0) is 0 Å². The third-order valence-corrected chi connectivity index (χ3v) is 6.08. The summed E-state index contributed by atoms with van der Waals surface area (Å²) in [6.07, 6.45) is 4.97. The molecule has 30 heavy (non-hydrogen) atoms. The Kier molecular flexibility index (Phi) is 6.29. The second kappa shape index (κ2) is 8.43. The molecule has 2 aromatic rings. The van der Waals surface area contributed by atoms with Crippen LogP contribution in [0.15, 0.2) is 17.1 Å². The number of halogens is 2. The number of nitrogens with zero attached hydrogens (tertiary/aromatic N) is 3. The summed E-state index contributed by atoms with van der Waals surface area (Å²) >= 11 is 0. The van der Waals surface area contributed by atoms with Gasteiger partial charge in [0.05, 0.1) is 18.0 Å². The van der Waals surface area contributed by atoms with E-state index >= 15 is 4.39 Å². The Balaban J connectivity index is 0.00000256. The Morgan fingerprint density at radius 3 is 2.37 bits per heavy atom. The molecule has 2 fully saturated rings. The predicted octanol–water partition coefficient (Wildman–Crippen LogP) is 3.13. The molecule has 0 spiro atoms. The van der Waals surface area contributed by atoms with Gasteiger partial charge in [0.2, 0.25) is 5.43 Å². The lowest BCUT2D eigenvalue weighted by molar-refractivity contribution is 0.0695. The number of hydrogen-bond donors (Lipinski definition) is 1. The maximum absolute atomic E-state index is 15.2. The summed E-state index contributed by atoms with van der Waals surface area (Å²) in [6.45, 7) is 1.37. The number of rotatable bonds is 5. The number of pyridine rings is 1. The molecular formula is C21H27ClFN3O4. The van der Waals surface area contributed by atoms with Crippen LogP contribution in [0.25, 0.3) is 10.9 Å². The fraction of sp³-hybridized carbons (Fsp3) is 0.524. The summed E-state index contributed by atoms with van der Waals surface area (Å²) in [5, 5.41) is 9.48. The van der Waals surface area contributed by atoms with E-state index in [1.165, 1.54) is 19.4 Å². The van der Waals surface area contributed by atoms with Gasteiger partial charge < -0.3 is 24.2 Å². The highest BCUT2D eigenvalue weighted by Gasteiger charge is 2.32. The highest BCUT2D eigenvalue weighted by molar-refractivity contribution is 5.97. The summed E-state index contributed by atoms with van der Waals surface area (Å²) in [5.41, 5.74) is -0.185. The van der Waals surface area contributed by atoms with Gasteiger partial charge in [0.15, 0.2) is 11.6 Å². The summed E-state index contributed by atoms with van der Waals surface area (Å²) < 4.78 is 22.7. The molecule has 0 atom stereocenters. The normalized spacial score (nSPS) is 17.3. The van der Waals surface area contributed by atoms with Crippen LogP contribution in [0.3, 0.4) is 0 Å². The minimum atomic E-state index is -1.31. The zero-order chi connectivity index (χ0) is 20.9. The summed E-state index contributed by atoms with van der Waals surface area (Å²) in [7, 11) is 5.56. The molecule has 4 rings (SSSR count). The van der Waals surface area contributed by atoms with E-state index < -0.39 is 17.2 Å². The van der Waals surface area contributed by atoms with Crippen LogP contribution >= 0.6 is 12.4 Å². The fourth-order valence-corrected chi connectivity index (χ4v) is 4.33. The van der Waals surface area contributed by atoms with E-state index in [0.29, 0.717) is 36.1 Å². The van der Waals surface area contributed by atoms with E-state index in [1.54, 1.807) is 4.57 Å². The van der Waals surface area contributed by atoms with Crippen LogP contribution in [-0.4, -0.2) is 60.9 Å². The highest BCUT2D eigenvalue weighted by atomic mass is 35.5. The lowest BCUT2D eigenvalue weighted by atomic mass is 10.0. The molecule has 7 nitrogen and oxygen atoms in total. The minimum absolute atomic E-state index is 0. The standard InChI is InChI=1S/C21H26FN3O4.ClH/c1-23(2)12-6-8-24(9-7-12)18-16(22)10-14-17(20(18)29-3)25(13-4-5-13)11-15(19(14)26)21(27)28;/h10-13H,4-9H2,1-3H3,(H,27,28);1H. The number of carboxylic acids is 1. The molecule has 0 bridgehead atoms. The van der Waals surface area contributed by atoms with Crippen molar-refractivity contribution < 1.29 is 19.0 Å². The van der Waals surface area contributed by atoms with E-state index in [-0.39, 0.29) is 29.4 Å². The number of aromatic carboxylic acids is 1. The first-order valence-corrected chi connectivity index (χ1v) is 9.93. The molecule has 164 valence electrons. The maximum Gasteiger partial charge on any atom is 0.341 e. The number of hydrogen-bond acceptors (Lipinski definition) is 5. The minimum Gasteiger partial charge on any atom is -0.492 e. The lowest BCUT2D eigenvalue weighted by Gasteiger charge is -2.37. The zero-order valence-corrected chi connectivity index (χ0v) is 18.2.